The topological polar surface area (TPSA) is 19.0 Å². The van der Waals surface area contributed by atoms with Gasteiger partial charge in [0, 0.05) is 44.2 Å². The summed E-state index contributed by atoms with van der Waals surface area (Å²) in [7, 11) is 0. The number of hydrogen-bond acceptors (Lipinski definition) is 4. The normalized spacial score (nSPS) is 30.4. The third kappa shape index (κ3) is 1.97. The van der Waals surface area contributed by atoms with E-state index in [4.69, 9.17) is 4.74 Å². The van der Waals surface area contributed by atoms with Crippen LogP contribution in [0, 0.1) is 0 Å². The Hall–Kier alpha value is -1.26. The van der Waals surface area contributed by atoms with Crippen LogP contribution in [0.2, 0.25) is 0 Å². The molecule has 124 valence electrons. The number of ether oxygens (including phenoxy) is 1. The maximum Gasteiger partial charge on any atom is 0.0758 e. The molecule has 4 heteroatoms. The summed E-state index contributed by atoms with van der Waals surface area (Å²) in [5.74, 6) is 0.693. The van der Waals surface area contributed by atoms with Crippen molar-refractivity contribution in [1.82, 2.24) is 4.90 Å². The van der Waals surface area contributed by atoms with Gasteiger partial charge < -0.3 is 19.4 Å². The summed E-state index contributed by atoms with van der Waals surface area (Å²) in [6.45, 7) is 11.3. The van der Waals surface area contributed by atoms with E-state index >= 15 is 0 Å². The van der Waals surface area contributed by atoms with Gasteiger partial charge in [-0.05, 0) is 31.9 Å². The van der Waals surface area contributed by atoms with Crippen LogP contribution in [0.3, 0.4) is 0 Å². The molecule has 4 aliphatic rings. The molecule has 0 radical (unpaired) electrons. The van der Waals surface area contributed by atoms with Gasteiger partial charge in [-0.25, -0.2) is 0 Å². The summed E-state index contributed by atoms with van der Waals surface area (Å²) in [6, 6.07) is 8.98. The van der Waals surface area contributed by atoms with Crippen LogP contribution >= 0.6 is 0 Å². The van der Waals surface area contributed by atoms with Gasteiger partial charge in [0.2, 0.25) is 0 Å². The molecule has 4 nitrogen and oxygen atoms in total. The molecule has 0 bridgehead atoms. The Bertz CT molecular complexity index is 613. The standard InChI is InChI=1S/C19H27N3O/c1-13(2)20-7-6-17-16(10-20)15-4-3-5-18-19(15)22(17)9-8-21(18)14-11-23-12-14/h3-5,13-14,16-17H,6-12H2,1-2H3/t16-,17-/m0/s1. The largest absolute Gasteiger partial charge is 0.377 e. The van der Waals surface area contributed by atoms with Crippen molar-refractivity contribution in [2.45, 2.75) is 44.3 Å². The number of nitrogens with zero attached hydrogens (tertiary/aromatic N) is 3. The molecule has 0 saturated carbocycles. The number of benzene rings is 1. The molecule has 0 amide bonds. The molecule has 5 rings (SSSR count). The maximum absolute atomic E-state index is 5.45. The van der Waals surface area contributed by atoms with Crippen LogP contribution in [-0.2, 0) is 4.74 Å². The zero-order valence-electron chi connectivity index (χ0n) is 14.2. The van der Waals surface area contributed by atoms with Crippen molar-refractivity contribution >= 4 is 11.4 Å². The molecular formula is C19H27N3O. The SMILES string of the molecule is CC(C)N1CC[C@H]2[C@@H](C1)c1cccc3c1N2CCN3C1COC1. The molecule has 0 aromatic heterocycles. The summed E-state index contributed by atoms with van der Waals surface area (Å²) in [5.41, 5.74) is 4.61. The predicted molar refractivity (Wildman–Crippen MR) is 93.6 cm³/mol. The fraction of sp³-hybridized carbons (Fsp3) is 0.684. The van der Waals surface area contributed by atoms with E-state index in [9.17, 15) is 0 Å². The van der Waals surface area contributed by atoms with E-state index in [0.29, 0.717) is 18.0 Å². The van der Waals surface area contributed by atoms with E-state index in [1.165, 1.54) is 31.7 Å². The highest BCUT2D eigenvalue weighted by Gasteiger charge is 2.46. The molecule has 0 aliphatic carbocycles. The Morgan fingerprint density at radius 3 is 2.65 bits per heavy atom. The van der Waals surface area contributed by atoms with Crippen molar-refractivity contribution in [3.8, 4) is 0 Å². The Balaban J connectivity index is 1.53. The van der Waals surface area contributed by atoms with E-state index in [1.54, 1.807) is 11.3 Å². The minimum atomic E-state index is 0.596. The van der Waals surface area contributed by atoms with Gasteiger partial charge in [-0.2, -0.15) is 0 Å². The first-order valence-corrected chi connectivity index (χ1v) is 9.22. The van der Waals surface area contributed by atoms with Gasteiger partial charge in [0.15, 0.2) is 0 Å². The van der Waals surface area contributed by atoms with Crippen LogP contribution in [0.25, 0.3) is 0 Å². The Morgan fingerprint density at radius 2 is 1.91 bits per heavy atom. The number of fused-ring (bicyclic) bond motifs is 3. The van der Waals surface area contributed by atoms with Crippen molar-refractivity contribution in [1.29, 1.82) is 0 Å². The summed E-state index contributed by atoms with van der Waals surface area (Å²) in [6.07, 6.45) is 1.31. The summed E-state index contributed by atoms with van der Waals surface area (Å²) >= 11 is 0. The highest BCUT2D eigenvalue weighted by atomic mass is 16.5. The van der Waals surface area contributed by atoms with Crippen molar-refractivity contribution in [2.75, 3.05) is 49.2 Å². The molecular weight excluding hydrogens is 286 g/mol. The van der Waals surface area contributed by atoms with Gasteiger partial charge in [0.05, 0.1) is 30.6 Å². The Kier molecular flexibility index (Phi) is 3.14. The molecule has 2 fully saturated rings. The van der Waals surface area contributed by atoms with Crippen molar-refractivity contribution < 1.29 is 4.74 Å². The van der Waals surface area contributed by atoms with Crippen LogP contribution in [0.1, 0.15) is 31.7 Å². The Labute approximate surface area is 139 Å². The van der Waals surface area contributed by atoms with Gasteiger partial charge >= 0.3 is 0 Å². The average molecular weight is 313 g/mol. The van der Waals surface area contributed by atoms with Crippen LogP contribution in [0.5, 0.6) is 0 Å². The second kappa shape index (κ2) is 5.12. The first kappa shape index (κ1) is 14.1. The molecule has 1 aromatic carbocycles. The molecule has 0 unspecified atom stereocenters. The molecule has 0 spiro atoms. The van der Waals surface area contributed by atoms with Crippen LogP contribution in [0.4, 0.5) is 11.4 Å². The van der Waals surface area contributed by atoms with E-state index < -0.39 is 0 Å². The van der Waals surface area contributed by atoms with Crippen LogP contribution in [0.15, 0.2) is 18.2 Å². The van der Waals surface area contributed by atoms with Gasteiger partial charge in [-0.3, -0.25) is 0 Å². The quantitative estimate of drug-likeness (QED) is 0.834. The average Bonchev–Trinajstić information content (AvgIpc) is 2.83. The monoisotopic (exact) mass is 313 g/mol. The predicted octanol–water partition coefficient (Wildman–Crippen LogP) is 2.29. The highest BCUT2D eigenvalue weighted by molar-refractivity contribution is 5.81. The molecule has 2 saturated heterocycles. The van der Waals surface area contributed by atoms with Crippen molar-refractivity contribution in [2.24, 2.45) is 0 Å². The second-order valence-electron chi connectivity index (χ2n) is 7.84. The third-order valence-electron chi connectivity index (χ3n) is 6.42. The lowest BCUT2D eigenvalue weighted by atomic mass is 9.88. The number of rotatable bonds is 2. The van der Waals surface area contributed by atoms with E-state index in [0.717, 1.165) is 25.8 Å². The summed E-state index contributed by atoms with van der Waals surface area (Å²) in [5, 5.41) is 0. The zero-order valence-corrected chi connectivity index (χ0v) is 14.2. The molecule has 1 aromatic rings. The Morgan fingerprint density at radius 1 is 1.09 bits per heavy atom. The number of likely N-dealkylation sites (tertiary alicyclic amines) is 1. The lowest BCUT2D eigenvalue weighted by Gasteiger charge is -2.46. The highest BCUT2D eigenvalue weighted by Crippen LogP contribution is 2.51. The third-order valence-corrected chi connectivity index (χ3v) is 6.42. The molecule has 4 aliphatic heterocycles. The van der Waals surface area contributed by atoms with Crippen molar-refractivity contribution in [3.63, 3.8) is 0 Å². The first-order chi connectivity index (χ1) is 11.2. The number of anilines is 2. The second-order valence-corrected chi connectivity index (χ2v) is 7.84. The van der Waals surface area contributed by atoms with E-state index in [2.05, 4.69) is 46.7 Å². The van der Waals surface area contributed by atoms with Crippen LogP contribution in [-0.4, -0.2) is 62.4 Å². The number of para-hydroxylation sites is 1. The van der Waals surface area contributed by atoms with Gasteiger partial charge in [0.25, 0.3) is 0 Å². The minimum absolute atomic E-state index is 0.596. The van der Waals surface area contributed by atoms with Gasteiger partial charge in [-0.15, -0.1) is 0 Å². The molecule has 4 heterocycles. The summed E-state index contributed by atoms with van der Waals surface area (Å²) < 4.78 is 5.45. The van der Waals surface area contributed by atoms with Gasteiger partial charge in [-0.1, -0.05) is 12.1 Å². The van der Waals surface area contributed by atoms with Gasteiger partial charge in [0.1, 0.15) is 0 Å². The molecule has 0 N–H and O–H groups in total. The number of hydrogen-bond donors (Lipinski definition) is 0. The first-order valence-electron chi connectivity index (χ1n) is 9.22. The number of piperidine rings is 1. The summed E-state index contributed by atoms with van der Waals surface area (Å²) in [4.78, 5) is 8.01. The van der Waals surface area contributed by atoms with E-state index in [1.807, 2.05) is 0 Å². The lowest BCUT2D eigenvalue weighted by Crippen LogP contribution is -2.56. The smallest absolute Gasteiger partial charge is 0.0758 e. The maximum atomic E-state index is 5.45. The zero-order chi connectivity index (χ0) is 15.6. The van der Waals surface area contributed by atoms with Crippen LogP contribution < -0.4 is 9.80 Å². The fourth-order valence-electron chi connectivity index (χ4n) is 5.07. The minimum Gasteiger partial charge on any atom is -0.377 e. The molecule has 23 heavy (non-hydrogen) atoms. The lowest BCUT2D eigenvalue weighted by molar-refractivity contribution is 0.00796. The fourth-order valence-corrected chi connectivity index (χ4v) is 5.07. The van der Waals surface area contributed by atoms with Crippen molar-refractivity contribution in [3.05, 3.63) is 23.8 Å². The van der Waals surface area contributed by atoms with E-state index in [-0.39, 0.29) is 0 Å². The molecule has 2 atom stereocenters.